The van der Waals surface area contributed by atoms with E-state index in [1.54, 1.807) is 6.21 Å². The van der Waals surface area contributed by atoms with E-state index in [0.29, 0.717) is 29.7 Å². The molecule has 1 aromatic carbocycles. The lowest BCUT2D eigenvalue weighted by Crippen LogP contribution is -2.44. The minimum Gasteiger partial charge on any atom is -0.404 e. The number of fused-ring (bicyclic) bond motifs is 1. The number of aromatic nitrogens is 2. The molecule has 0 saturated carbocycles. The van der Waals surface area contributed by atoms with E-state index in [-0.39, 0.29) is 18.0 Å². The van der Waals surface area contributed by atoms with Crippen LogP contribution in [0.4, 0.5) is 17.5 Å². The summed E-state index contributed by atoms with van der Waals surface area (Å²) in [6.07, 6.45) is 4.19. The summed E-state index contributed by atoms with van der Waals surface area (Å²) < 4.78 is 0. The van der Waals surface area contributed by atoms with Gasteiger partial charge in [0.25, 0.3) is 0 Å². The van der Waals surface area contributed by atoms with Gasteiger partial charge in [0, 0.05) is 31.6 Å². The summed E-state index contributed by atoms with van der Waals surface area (Å²) in [6, 6.07) is 10.1. The zero-order valence-corrected chi connectivity index (χ0v) is 17.9. The van der Waals surface area contributed by atoms with Crippen molar-refractivity contribution in [2.75, 3.05) is 29.1 Å². The van der Waals surface area contributed by atoms with Crippen LogP contribution in [0.15, 0.2) is 47.1 Å². The first-order chi connectivity index (χ1) is 14.4. The third-order valence-electron chi connectivity index (χ3n) is 5.15. The van der Waals surface area contributed by atoms with Gasteiger partial charge < -0.3 is 21.3 Å². The summed E-state index contributed by atoms with van der Waals surface area (Å²) in [5.41, 5.74) is 9.23. The molecule has 0 bridgehead atoms. The van der Waals surface area contributed by atoms with Crippen LogP contribution in [0.25, 0.3) is 0 Å². The van der Waals surface area contributed by atoms with Crippen LogP contribution in [0.2, 0.25) is 0 Å². The molecule has 0 unspecified atom stereocenters. The molecule has 8 nitrogen and oxygen atoms in total. The number of hydrogen-bond acceptors (Lipinski definition) is 7. The standard InChI is InChI=1S/C22H29N7O/c1-14(10-17-8-6-5-7-9-17)24-12-18(11-23)13-25-22-26-15(2)19-20(28-22)29(4)16(3)21(30)27-19/h5-9,11-12,14,16H,10,13,23H2,1-4H3,(H,27,30)(H,25,26,28)/t14-,16-/m0/s1. The molecule has 0 saturated heterocycles. The van der Waals surface area contributed by atoms with Gasteiger partial charge in [0.2, 0.25) is 11.9 Å². The number of aliphatic imine (C=N–C) groups is 1. The molecule has 1 aliphatic rings. The topological polar surface area (TPSA) is 109 Å². The molecule has 2 aromatic rings. The van der Waals surface area contributed by atoms with Crippen molar-refractivity contribution < 1.29 is 4.79 Å². The highest BCUT2D eigenvalue weighted by Gasteiger charge is 2.30. The van der Waals surface area contributed by atoms with Crippen molar-refractivity contribution in [2.45, 2.75) is 39.3 Å². The van der Waals surface area contributed by atoms with Gasteiger partial charge in [0.15, 0.2) is 5.82 Å². The number of nitrogens with two attached hydrogens (primary N) is 1. The Bertz CT molecular complexity index is 955. The summed E-state index contributed by atoms with van der Waals surface area (Å²) in [6.45, 7) is 6.21. The van der Waals surface area contributed by atoms with Crippen molar-refractivity contribution in [2.24, 2.45) is 10.7 Å². The highest BCUT2D eigenvalue weighted by atomic mass is 16.2. The Labute approximate surface area is 177 Å². The molecule has 0 radical (unpaired) electrons. The number of nitrogens with one attached hydrogen (secondary N) is 2. The van der Waals surface area contributed by atoms with E-state index in [4.69, 9.17) is 5.73 Å². The Hall–Kier alpha value is -3.42. The molecule has 8 heteroatoms. The van der Waals surface area contributed by atoms with Gasteiger partial charge in [-0.3, -0.25) is 9.79 Å². The number of nitrogens with zero attached hydrogens (tertiary/aromatic N) is 4. The SMILES string of the molecule is Cc1nc(NCC(C=N[C@@H](C)Cc2ccccc2)=CN)nc2c1NC(=O)[C@H](C)N2C. The van der Waals surface area contributed by atoms with Crippen molar-refractivity contribution in [1.29, 1.82) is 0 Å². The Balaban J connectivity index is 1.64. The minimum absolute atomic E-state index is 0.0633. The van der Waals surface area contributed by atoms with Crippen LogP contribution in [-0.4, -0.2) is 47.8 Å². The fraction of sp³-hybridized carbons (Fsp3) is 0.364. The zero-order valence-electron chi connectivity index (χ0n) is 17.9. The molecule has 1 aliphatic heterocycles. The Morgan fingerprint density at radius 1 is 1.37 bits per heavy atom. The van der Waals surface area contributed by atoms with E-state index in [1.165, 1.54) is 11.8 Å². The number of likely N-dealkylation sites (N-methyl/N-ethyl adjacent to an activating group) is 1. The van der Waals surface area contributed by atoms with Crippen molar-refractivity contribution in [3.05, 3.63) is 53.4 Å². The van der Waals surface area contributed by atoms with Gasteiger partial charge in [-0.15, -0.1) is 0 Å². The molecule has 1 aromatic heterocycles. The van der Waals surface area contributed by atoms with Crippen molar-refractivity contribution >= 4 is 29.6 Å². The van der Waals surface area contributed by atoms with E-state index < -0.39 is 0 Å². The van der Waals surface area contributed by atoms with Crippen LogP contribution in [0.3, 0.4) is 0 Å². The quantitative estimate of drug-likeness (QED) is 0.609. The molecular formula is C22H29N7O. The number of benzene rings is 1. The second-order valence-corrected chi connectivity index (χ2v) is 7.52. The maximum absolute atomic E-state index is 12.0. The third kappa shape index (κ3) is 4.94. The maximum Gasteiger partial charge on any atom is 0.246 e. The maximum atomic E-state index is 12.0. The average Bonchev–Trinajstić information content (AvgIpc) is 2.74. The lowest BCUT2D eigenvalue weighted by atomic mass is 10.1. The Kier molecular flexibility index (Phi) is 6.66. The monoisotopic (exact) mass is 407 g/mol. The van der Waals surface area contributed by atoms with Gasteiger partial charge in [-0.2, -0.15) is 4.98 Å². The Morgan fingerprint density at radius 2 is 2.10 bits per heavy atom. The molecule has 0 aliphatic carbocycles. The van der Waals surface area contributed by atoms with Gasteiger partial charge in [-0.05, 0) is 32.8 Å². The molecule has 158 valence electrons. The summed E-state index contributed by atoms with van der Waals surface area (Å²) in [4.78, 5) is 27.5. The number of rotatable bonds is 7. The van der Waals surface area contributed by atoms with Crippen LogP contribution in [0, 0.1) is 6.92 Å². The zero-order chi connectivity index (χ0) is 21.7. The number of anilines is 3. The molecule has 0 spiro atoms. The van der Waals surface area contributed by atoms with Gasteiger partial charge in [0.05, 0.1) is 11.7 Å². The molecular weight excluding hydrogens is 378 g/mol. The van der Waals surface area contributed by atoms with Crippen molar-refractivity contribution in [3.8, 4) is 0 Å². The van der Waals surface area contributed by atoms with E-state index in [1.807, 2.05) is 44.0 Å². The van der Waals surface area contributed by atoms with Crippen LogP contribution in [0.1, 0.15) is 25.1 Å². The summed E-state index contributed by atoms with van der Waals surface area (Å²) >= 11 is 0. The minimum atomic E-state index is -0.294. The number of carbonyl (C=O) groups is 1. The molecule has 3 rings (SSSR count). The molecule has 30 heavy (non-hydrogen) atoms. The van der Waals surface area contributed by atoms with E-state index in [9.17, 15) is 4.79 Å². The highest BCUT2D eigenvalue weighted by Crippen LogP contribution is 2.31. The first-order valence-electron chi connectivity index (χ1n) is 10.0. The van der Waals surface area contributed by atoms with Gasteiger partial charge in [-0.25, -0.2) is 4.98 Å². The third-order valence-corrected chi connectivity index (χ3v) is 5.15. The van der Waals surface area contributed by atoms with Gasteiger partial charge >= 0.3 is 0 Å². The highest BCUT2D eigenvalue weighted by molar-refractivity contribution is 6.03. The summed E-state index contributed by atoms with van der Waals surface area (Å²) in [7, 11) is 1.85. The van der Waals surface area contributed by atoms with E-state index in [2.05, 4.69) is 44.7 Å². The number of aryl methyl sites for hydroxylation is 1. The molecule has 4 N–H and O–H groups in total. The molecule has 2 heterocycles. The summed E-state index contributed by atoms with van der Waals surface area (Å²) in [5.74, 6) is 1.11. The smallest absolute Gasteiger partial charge is 0.246 e. The van der Waals surface area contributed by atoms with Gasteiger partial charge in [-0.1, -0.05) is 30.3 Å². The second kappa shape index (κ2) is 9.39. The van der Waals surface area contributed by atoms with E-state index in [0.717, 1.165) is 12.0 Å². The predicted molar refractivity (Wildman–Crippen MR) is 122 cm³/mol. The van der Waals surface area contributed by atoms with Crippen molar-refractivity contribution in [3.63, 3.8) is 0 Å². The van der Waals surface area contributed by atoms with Gasteiger partial charge in [0.1, 0.15) is 11.7 Å². The Morgan fingerprint density at radius 3 is 2.80 bits per heavy atom. The predicted octanol–water partition coefficient (Wildman–Crippen LogP) is 2.52. The number of carbonyl (C=O) groups excluding carboxylic acids is 1. The van der Waals surface area contributed by atoms with Crippen LogP contribution in [-0.2, 0) is 11.2 Å². The molecule has 0 fully saturated rings. The average molecular weight is 408 g/mol. The van der Waals surface area contributed by atoms with Crippen molar-refractivity contribution in [1.82, 2.24) is 9.97 Å². The lowest BCUT2D eigenvalue weighted by molar-refractivity contribution is -0.117. The van der Waals surface area contributed by atoms with Crippen LogP contribution in [0.5, 0.6) is 0 Å². The molecule has 1 amide bonds. The van der Waals surface area contributed by atoms with Crippen LogP contribution >= 0.6 is 0 Å². The second-order valence-electron chi connectivity index (χ2n) is 7.52. The van der Waals surface area contributed by atoms with Crippen LogP contribution < -0.4 is 21.3 Å². The fourth-order valence-corrected chi connectivity index (χ4v) is 3.18. The normalized spacial score (nSPS) is 17.6. The fourth-order valence-electron chi connectivity index (χ4n) is 3.18. The summed E-state index contributed by atoms with van der Waals surface area (Å²) in [5, 5.41) is 6.08. The lowest BCUT2D eigenvalue weighted by Gasteiger charge is -2.32. The number of hydrogen-bond donors (Lipinski definition) is 3. The number of amides is 1. The largest absolute Gasteiger partial charge is 0.404 e. The molecule has 2 atom stereocenters. The first kappa shape index (κ1) is 21.3. The van der Waals surface area contributed by atoms with E-state index >= 15 is 0 Å². The first-order valence-corrected chi connectivity index (χ1v) is 10.0.